The molecular formula is C26H41N5O4. The van der Waals surface area contributed by atoms with Crippen LogP contribution in [-0.4, -0.2) is 60.2 Å². The molecular weight excluding hydrogens is 446 g/mol. The highest BCUT2D eigenvalue weighted by Gasteiger charge is 2.37. The SMILES string of the molecule is CC(C)(C)[C@H](NC(=O)Nc1ccccc1N1CCCCC1)C(=O)N(CC(=O)NO)CC1CCCC1. The van der Waals surface area contributed by atoms with Crippen LogP contribution in [0.1, 0.15) is 65.7 Å². The molecule has 0 spiro atoms. The van der Waals surface area contributed by atoms with Crippen LogP contribution >= 0.6 is 0 Å². The second-order valence-electron chi connectivity index (χ2n) is 10.9. The summed E-state index contributed by atoms with van der Waals surface area (Å²) in [5.74, 6) is -0.660. The van der Waals surface area contributed by atoms with Crippen molar-refractivity contribution in [2.75, 3.05) is 36.4 Å². The Balaban J connectivity index is 1.74. The third-order valence-corrected chi connectivity index (χ3v) is 6.96. The molecule has 1 aromatic carbocycles. The molecule has 0 aromatic heterocycles. The molecule has 1 heterocycles. The first kappa shape index (κ1) is 26.8. The molecule has 3 rings (SSSR count). The number of anilines is 2. The molecule has 194 valence electrons. The molecule has 4 amide bonds. The van der Waals surface area contributed by atoms with Crippen molar-refractivity contribution in [1.29, 1.82) is 0 Å². The zero-order valence-corrected chi connectivity index (χ0v) is 21.3. The van der Waals surface area contributed by atoms with E-state index in [0.717, 1.165) is 57.3 Å². The van der Waals surface area contributed by atoms with Crippen LogP contribution in [-0.2, 0) is 9.59 Å². The summed E-state index contributed by atoms with van der Waals surface area (Å²) in [6.07, 6.45) is 7.70. The zero-order valence-electron chi connectivity index (χ0n) is 21.3. The molecule has 1 aliphatic carbocycles. The van der Waals surface area contributed by atoms with Crippen LogP contribution in [0.15, 0.2) is 24.3 Å². The number of amides is 4. The second kappa shape index (κ2) is 12.2. The number of carbonyl (C=O) groups excluding carboxylic acids is 3. The maximum Gasteiger partial charge on any atom is 0.319 e. The van der Waals surface area contributed by atoms with E-state index in [4.69, 9.17) is 5.21 Å². The van der Waals surface area contributed by atoms with Crippen molar-refractivity contribution < 1.29 is 19.6 Å². The number of hydrogen-bond acceptors (Lipinski definition) is 5. The molecule has 9 nitrogen and oxygen atoms in total. The van der Waals surface area contributed by atoms with Crippen molar-refractivity contribution in [2.45, 2.75) is 71.8 Å². The predicted molar refractivity (Wildman–Crippen MR) is 136 cm³/mol. The number of nitrogens with one attached hydrogen (secondary N) is 3. The number of rotatable bonds is 8. The lowest BCUT2D eigenvalue weighted by Gasteiger charge is -2.36. The van der Waals surface area contributed by atoms with Crippen LogP contribution in [0.4, 0.5) is 16.2 Å². The minimum absolute atomic E-state index is 0.250. The largest absolute Gasteiger partial charge is 0.370 e. The Morgan fingerprint density at radius 2 is 1.71 bits per heavy atom. The van der Waals surface area contributed by atoms with E-state index in [1.165, 1.54) is 11.3 Å². The summed E-state index contributed by atoms with van der Waals surface area (Å²) in [5, 5.41) is 14.9. The summed E-state index contributed by atoms with van der Waals surface area (Å²) in [5.41, 5.74) is 2.71. The van der Waals surface area contributed by atoms with E-state index >= 15 is 0 Å². The number of hydrogen-bond donors (Lipinski definition) is 4. The van der Waals surface area contributed by atoms with Gasteiger partial charge in [0.25, 0.3) is 5.91 Å². The molecule has 0 radical (unpaired) electrons. The Labute approximate surface area is 208 Å². The minimum atomic E-state index is -0.849. The first-order valence-corrected chi connectivity index (χ1v) is 12.8. The molecule has 1 atom stereocenters. The minimum Gasteiger partial charge on any atom is -0.370 e. The summed E-state index contributed by atoms with van der Waals surface area (Å²) in [6.45, 7) is 7.74. The number of benzene rings is 1. The van der Waals surface area contributed by atoms with Gasteiger partial charge >= 0.3 is 6.03 Å². The lowest BCUT2D eigenvalue weighted by molar-refractivity contribution is -0.142. The topological polar surface area (TPSA) is 114 Å². The average molecular weight is 488 g/mol. The van der Waals surface area contributed by atoms with Gasteiger partial charge in [-0.15, -0.1) is 0 Å². The molecule has 2 aliphatic rings. The number of urea groups is 1. The van der Waals surface area contributed by atoms with E-state index in [1.807, 2.05) is 45.0 Å². The van der Waals surface area contributed by atoms with Gasteiger partial charge in [0, 0.05) is 19.6 Å². The molecule has 35 heavy (non-hydrogen) atoms. The van der Waals surface area contributed by atoms with Gasteiger partial charge in [0.15, 0.2) is 0 Å². The molecule has 9 heteroatoms. The third-order valence-electron chi connectivity index (χ3n) is 6.96. The van der Waals surface area contributed by atoms with E-state index in [0.29, 0.717) is 18.2 Å². The van der Waals surface area contributed by atoms with Crippen molar-refractivity contribution in [3.63, 3.8) is 0 Å². The highest BCUT2D eigenvalue weighted by molar-refractivity contribution is 5.97. The fraction of sp³-hybridized carbons (Fsp3) is 0.654. The van der Waals surface area contributed by atoms with Crippen LogP contribution in [0.2, 0.25) is 0 Å². The molecule has 0 bridgehead atoms. The summed E-state index contributed by atoms with van der Waals surface area (Å²) >= 11 is 0. The smallest absolute Gasteiger partial charge is 0.319 e. The van der Waals surface area contributed by atoms with Gasteiger partial charge in [0.2, 0.25) is 5.91 Å². The molecule has 4 N–H and O–H groups in total. The van der Waals surface area contributed by atoms with Gasteiger partial charge in [0.05, 0.1) is 11.4 Å². The number of piperidine rings is 1. The maximum atomic E-state index is 13.6. The third kappa shape index (κ3) is 7.59. The maximum absolute atomic E-state index is 13.6. The van der Waals surface area contributed by atoms with E-state index in [9.17, 15) is 14.4 Å². The van der Waals surface area contributed by atoms with Gasteiger partial charge in [-0.05, 0) is 55.6 Å². The predicted octanol–water partition coefficient (Wildman–Crippen LogP) is 3.74. The summed E-state index contributed by atoms with van der Waals surface area (Å²) < 4.78 is 0. The summed E-state index contributed by atoms with van der Waals surface area (Å²) in [6, 6.07) is 6.40. The lowest BCUT2D eigenvalue weighted by Crippen LogP contribution is -2.57. The van der Waals surface area contributed by atoms with Gasteiger partial charge in [-0.2, -0.15) is 0 Å². The van der Waals surface area contributed by atoms with Gasteiger partial charge < -0.3 is 20.4 Å². The number of para-hydroxylation sites is 2. The van der Waals surface area contributed by atoms with Crippen LogP contribution in [0.25, 0.3) is 0 Å². The normalized spacial score (nSPS) is 17.5. The van der Waals surface area contributed by atoms with E-state index < -0.39 is 23.4 Å². The van der Waals surface area contributed by atoms with Gasteiger partial charge in [0.1, 0.15) is 12.6 Å². The molecule has 1 aliphatic heterocycles. The molecule has 0 unspecified atom stereocenters. The Morgan fingerprint density at radius 3 is 2.34 bits per heavy atom. The molecule has 1 saturated heterocycles. The Hall–Kier alpha value is -2.81. The fourth-order valence-corrected chi connectivity index (χ4v) is 5.06. The first-order chi connectivity index (χ1) is 16.7. The molecule has 1 saturated carbocycles. The van der Waals surface area contributed by atoms with Crippen LogP contribution in [0, 0.1) is 11.3 Å². The Bertz CT molecular complexity index is 873. The molecule has 1 aromatic rings. The highest BCUT2D eigenvalue weighted by atomic mass is 16.5. The quantitative estimate of drug-likeness (QED) is 0.330. The van der Waals surface area contributed by atoms with E-state index in [-0.39, 0.29) is 12.5 Å². The lowest BCUT2D eigenvalue weighted by atomic mass is 9.85. The fourth-order valence-electron chi connectivity index (χ4n) is 5.06. The average Bonchev–Trinajstić information content (AvgIpc) is 3.35. The van der Waals surface area contributed by atoms with Gasteiger partial charge in [-0.1, -0.05) is 45.7 Å². The van der Waals surface area contributed by atoms with E-state index in [2.05, 4.69) is 15.5 Å². The van der Waals surface area contributed by atoms with Crippen molar-refractivity contribution in [1.82, 2.24) is 15.7 Å². The Kier molecular flexibility index (Phi) is 9.37. The number of hydroxylamine groups is 1. The van der Waals surface area contributed by atoms with Crippen LogP contribution in [0.3, 0.4) is 0 Å². The summed E-state index contributed by atoms with van der Waals surface area (Å²) in [4.78, 5) is 42.5. The highest BCUT2D eigenvalue weighted by Crippen LogP contribution is 2.29. The van der Waals surface area contributed by atoms with Crippen molar-refractivity contribution in [3.8, 4) is 0 Å². The van der Waals surface area contributed by atoms with Gasteiger partial charge in [-0.25, -0.2) is 10.3 Å². The number of nitrogens with zero attached hydrogens (tertiary/aromatic N) is 2. The van der Waals surface area contributed by atoms with Crippen molar-refractivity contribution in [2.24, 2.45) is 11.3 Å². The van der Waals surface area contributed by atoms with E-state index in [1.54, 1.807) is 5.48 Å². The monoisotopic (exact) mass is 487 g/mol. The second-order valence-corrected chi connectivity index (χ2v) is 10.9. The standard InChI is InChI=1S/C26H41N5O4/c1-26(2,3)23(24(33)31(18-22(32)29-35)17-19-11-5-6-12-19)28-25(34)27-20-13-7-8-14-21(20)30-15-9-4-10-16-30/h7-8,13-14,19,23,35H,4-6,9-12,15-18H2,1-3H3,(H,29,32)(H2,27,28,34)/t23-/m1/s1. The van der Waals surface area contributed by atoms with Crippen molar-refractivity contribution in [3.05, 3.63) is 24.3 Å². The molecule has 2 fully saturated rings. The number of carbonyl (C=O) groups is 3. The Morgan fingerprint density at radius 1 is 1.06 bits per heavy atom. The summed E-state index contributed by atoms with van der Waals surface area (Å²) in [7, 11) is 0. The van der Waals surface area contributed by atoms with Gasteiger partial charge in [-0.3, -0.25) is 14.8 Å². The van der Waals surface area contributed by atoms with Crippen LogP contribution < -0.4 is 21.0 Å². The van der Waals surface area contributed by atoms with Crippen LogP contribution in [0.5, 0.6) is 0 Å². The first-order valence-electron chi connectivity index (χ1n) is 12.8. The van der Waals surface area contributed by atoms with Crippen molar-refractivity contribution >= 4 is 29.2 Å². The zero-order chi connectivity index (χ0) is 25.4.